The second-order valence-corrected chi connectivity index (χ2v) is 3.83. The number of fused-ring (bicyclic) bond motifs is 1. The molecule has 0 bridgehead atoms. The molecule has 1 heterocycles. The van der Waals surface area contributed by atoms with Crippen LogP contribution in [0.4, 0.5) is 0 Å². The number of rotatable bonds is 3. The Morgan fingerprint density at radius 3 is 2.93 bits per heavy atom. The Bertz CT molecular complexity index is 463. The van der Waals surface area contributed by atoms with Crippen LogP contribution < -0.4 is 0 Å². The molecule has 0 amide bonds. The summed E-state index contributed by atoms with van der Waals surface area (Å²) in [5.74, 6) is 0.985. The minimum absolute atomic E-state index is 0.238. The van der Waals surface area contributed by atoms with Gasteiger partial charge in [0, 0.05) is 13.0 Å². The first-order chi connectivity index (χ1) is 7.18. The van der Waals surface area contributed by atoms with Gasteiger partial charge in [-0.05, 0) is 26.2 Å². The van der Waals surface area contributed by atoms with Crippen LogP contribution in [0.25, 0.3) is 10.9 Å². The van der Waals surface area contributed by atoms with Crippen LogP contribution in [0.3, 0.4) is 0 Å². The third-order valence-electron chi connectivity index (χ3n) is 2.34. The lowest BCUT2D eigenvalue weighted by molar-refractivity contribution is 0.353. The smallest absolute Gasteiger partial charge is 0.149 e. The van der Waals surface area contributed by atoms with E-state index in [2.05, 4.69) is 10.1 Å². The van der Waals surface area contributed by atoms with Gasteiger partial charge in [-0.2, -0.15) is 0 Å². The molecule has 0 fully saturated rings. The van der Waals surface area contributed by atoms with Crippen molar-refractivity contribution in [1.29, 1.82) is 0 Å². The van der Waals surface area contributed by atoms with E-state index >= 15 is 0 Å². The van der Waals surface area contributed by atoms with Crippen LogP contribution in [0.1, 0.15) is 5.76 Å². The maximum atomic E-state index is 9.69. The summed E-state index contributed by atoms with van der Waals surface area (Å²) in [6.45, 7) is 0.874. The summed E-state index contributed by atoms with van der Waals surface area (Å²) in [5, 5.41) is 14.3. The van der Waals surface area contributed by atoms with Crippen molar-refractivity contribution in [1.82, 2.24) is 10.1 Å². The molecule has 0 aliphatic carbocycles. The van der Waals surface area contributed by atoms with Crippen LogP contribution in [0.2, 0.25) is 0 Å². The van der Waals surface area contributed by atoms with Gasteiger partial charge in [-0.3, -0.25) is 0 Å². The molecular weight excluding hydrogens is 192 g/mol. The molecule has 1 aromatic heterocycles. The monoisotopic (exact) mass is 206 g/mol. The zero-order valence-electron chi connectivity index (χ0n) is 8.90. The van der Waals surface area contributed by atoms with Crippen molar-refractivity contribution in [2.45, 2.75) is 6.42 Å². The third-order valence-corrected chi connectivity index (χ3v) is 2.34. The van der Waals surface area contributed by atoms with E-state index in [1.165, 1.54) is 0 Å². The molecule has 1 N–H and O–H groups in total. The Balaban J connectivity index is 2.35. The highest BCUT2D eigenvalue weighted by Crippen LogP contribution is 2.27. The Labute approximate surface area is 88.1 Å². The number of aromatic nitrogens is 1. The highest BCUT2D eigenvalue weighted by atomic mass is 16.5. The van der Waals surface area contributed by atoms with Gasteiger partial charge >= 0.3 is 0 Å². The predicted molar refractivity (Wildman–Crippen MR) is 57.9 cm³/mol. The Kier molecular flexibility index (Phi) is 2.60. The lowest BCUT2D eigenvalue weighted by atomic mass is 10.1. The van der Waals surface area contributed by atoms with Crippen LogP contribution in [0.5, 0.6) is 5.75 Å². The zero-order valence-corrected chi connectivity index (χ0v) is 8.90. The zero-order chi connectivity index (χ0) is 10.8. The Hall–Kier alpha value is -1.55. The van der Waals surface area contributed by atoms with Crippen LogP contribution in [0, 0.1) is 0 Å². The van der Waals surface area contributed by atoms with Gasteiger partial charge in [-0.25, -0.2) is 0 Å². The number of hydrogen-bond donors (Lipinski definition) is 1. The number of phenolic OH excluding ortho intramolecular Hbond substituents is 1. The van der Waals surface area contributed by atoms with Crippen molar-refractivity contribution in [3.8, 4) is 5.75 Å². The van der Waals surface area contributed by atoms with Crippen molar-refractivity contribution >= 4 is 10.9 Å². The number of benzene rings is 1. The lowest BCUT2D eigenvalue weighted by Crippen LogP contribution is -2.14. The average Bonchev–Trinajstić information content (AvgIpc) is 2.59. The lowest BCUT2D eigenvalue weighted by Gasteiger charge is -2.06. The van der Waals surface area contributed by atoms with Crippen molar-refractivity contribution in [2.75, 3.05) is 20.6 Å². The van der Waals surface area contributed by atoms with Crippen LogP contribution in [-0.4, -0.2) is 35.8 Å². The van der Waals surface area contributed by atoms with Gasteiger partial charge in [0.05, 0.1) is 5.39 Å². The summed E-state index contributed by atoms with van der Waals surface area (Å²) in [6.07, 6.45) is 0.751. The van der Waals surface area contributed by atoms with E-state index in [1.54, 1.807) is 12.1 Å². The number of likely N-dealkylation sites (N-methyl/N-ethyl adjacent to an activating group) is 1. The number of phenols is 1. The molecule has 0 radical (unpaired) electrons. The summed E-state index contributed by atoms with van der Waals surface area (Å²) in [4.78, 5) is 2.06. The molecule has 0 saturated heterocycles. The summed E-state index contributed by atoms with van der Waals surface area (Å²) in [5.41, 5.74) is 0.712. The van der Waals surface area contributed by atoms with Gasteiger partial charge in [-0.15, -0.1) is 0 Å². The molecule has 0 aliphatic heterocycles. The molecule has 2 rings (SSSR count). The largest absolute Gasteiger partial charge is 0.507 e. The molecule has 0 saturated carbocycles. The van der Waals surface area contributed by atoms with E-state index < -0.39 is 0 Å². The average molecular weight is 206 g/mol. The number of hydrogen-bond acceptors (Lipinski definition) is 4. The number of nitrogens with zero attached hydrogens (tertiary/aromatic N) is 2. The van der Waals surface area contributed by atoms with Crippen molar-refractivity contribution < 1.29 is 9.63 Å². The highest BCUT2D eigenvalue weighted by molar-refractivity contribution is 5.86. The van der Waals surface area contributed by atoms with Gasteiger partial charge in [0.2, 0.25) is 0 Å². The Morgan fingerprint density at radius 1 is 1.40 bits per heavy atom. The Morgan fingerprint density at radius 2 is 2.20 bits per heavy atom. The molecule has 4 nitrogen and oxygen atoms in total. The maximum Gasteiger partial charge on any atom is 0.149 e. The van der Waals surface area contributed by atoms with Crippen LogP contribution in [0.15, 0.2) is 22.7 Å². The summed E-state index contributed by atoms with van der Waals surface area (Å²) < 4.78 is 5.21. The highest BCUT2D eigenvalue weighted by Gasteiger charge is 2.11. The standard InChI is InChI=1S/C11H14N2O2/c1-13(2)7-6-10-11-8(12-15-10)4-3-5-9(11)14/h3-5,14H,6-7H2,1-2H3. The molecule has 80 valence electrons. The van der Waals surface area contributed by atoms with E-state index in [0.29, 0.717) is 5.52 Å². The van der Waals surface area contributed by atoms with E-state index in [4.69, 9.17) is 4.52 Å². The van der Waals surface area contributed by atoms with Crippen LogP contribution >= 0.6 is 0 Å². The molecule has 1 aromatic carbocycles. The molecule has 0 unspecified atom stereocenters. The fraction of sp³-hybridized carbons (Fsp3) is 0.364. The second kappa shape index (κ2) is 3.90. The van der Waals surface area contributed by atoms with Gasteiger partial charge < -0.3 is 14.5 Å². The summed E-state index contributed by atoms with van der Waals surface area (Å²) in [7, 11) is 4.00. The van der Waals surface area contributed by atoms with Crippen LogP contribution in [-0.2, 0) is 6.42 Å². The first-order valence-corrected chi connectivity index (χ1v) is 4.89. The fourth-order valence-corrected chi connectivity index (χ4v) is 1.54. The van der Waals surface area contributed by atoms with Gasteiger partial charge in [-0.1, -0.05) is 11.2 Å². The van der Waals surface area contributed by atoms with E-state index in [1.807, 2.05) is 20.2 Å². The fourth-order valence-electron chi connectivity index (χ4n) is 1.54. The quantitative estimate of drug-likeness (QED) is 0.829. The minimum Gasteiger partial charge on any atom is -0.507 e. The van der Waals surface area contributed by atoms with Gasteiger partial charge in [0.1, 0.15) is 17.0 Å². The molecular formula is C11H14N2O2. The third kappa shape index (κ3) is 1.94. The SMILES string of the molecule is CN(C)CCc1onc2cccc(O)c12. The van der Waals surface area contributed by atoms with E-state index in [0.717, 1.165) is 24.1 Å². The van der Waals surface area contributed by atoms with Crippen molar-refractivity contribution in [3.05, 3.63) is 24.0 Å². The molecule has 4 heteroatoms. The first-order valence-electron chi connectivity index (χ1n) is 4.89. The van der Waals surface area contributed by atoms with Gasteiger partial charge in [0.15, 0.2) is 0 Å². The molecule has 0 spiro atoms. The predicted octanol–water partition coefficient (Wildman–Crippen LogP) is 1.64. The van der Waals surface area contributed by atoms with Gasteiger partial charge in [0.25, 0.3) is 0 Å². The topological polar surface area (TPSA) is 49.5 Å². The maximum absolute atomic E-state index is 9.69. The normalized spacial score (nSPS) is 11.4. The molecule has 0 aliphatic rings. The molecule has 15 heavy (non-hydrogen) atoms. The number of aromatic hydroxyl groups is 1. The summed E-state index contributed by atoms with van der Waals surface area (Å²) >= 11 is 0. The van der Waals surface area contributed by atoms with E-state index in [-0.39, 0.29) is 5.75 Å². The molecule has 0 atom stereocenters. The van der Waals surface area contributed by atoms with Crippen molar-refractivity contribution in [3.63, 3.8) is 0 Å². The van der Waals surface area contributed by atoms with E-state index in [9.17, 15) is 5.11 Å². The second-order valence-electron chi connectivity index (χ2n) is 3.83. The first kappa shape index (κ1) is 9.98. The summed E-state index contributed by atoms with van der Waals surface area (Å²) in [6, 6.07) is 5.24. The van der Waals surface area contributed by atoms with Crippen molar-refractivity contribution in [2.24, 2.45) is 0 Å². The molecule has 2 aromatic rings. The minimum atomic E-state index is 0.238.